The van der Waals surface area contributed by atoms with Crippen molar-refractivity contribution in [2.75, 3.05) is 20.3 Å². The Morgan fingerprint density at radius 1 is 1.15 bits per heavy atom. The molecule has 1 amide bonds. The van der Waals surface area contributed by atoms with Crippen molar-refractivity contribution in [2.24, 2.45) is 0 Å². The first-order valence-corrected chi connectivity index (χ1v) is 8.37. The number of ether oxygens (including phenoxy) is 1. The van der Waals surface area contributed by atoms with Crippen molar-refractivity contribution >= 4 is 5.91 Å². The molecule has 0 aliphatic heterocycles. The van der Waals surface area contributed by atoms with Crippen LogP contribution in [0.25, 0.3) is 11.5 Å². The third-order valence-corrected chi connectivity index (χ3v) is 3.89. The Morgan fingerprint density at radius 2 is 2.04 bits per heavy atom. The highest BCUT2D eigenvalue weighted by molar-refractivity contribution is 5.93. The number of amides is 1. The highest BCUT2D eigenvalue weighted by atomic mass is 16.5. The molecule has 8 heteroatoms. The fourth-order valence-corrected chi connectivity index (χ4v) is 2.52. The molecule has 0 fully saturated rings. The number of methoxy groups -OCH3 is 1. The van der Waals surface area contributed by atoms with Crippen molar-refractivity contribution in [1.29, 1.82) is 0 Å². The Hall–Kier alpha value is -3.39. The third-order valence-electron chi connectivity index (χ3n) is 3.89. The Morgan fingerprint density at radius 3 is 2.70 bits per heavy atom. The second-order valence-corrected chi connectivity index (χ2v) is 5.77. The van der Waals surface area contributed by atoms with Gasteiger partial charge in [-0.3, -0.25) is 19.6 Å². The number of carbonyl (C=O) groups is 1. The van der Waals surface area contributed by atoms with Gasteiger partial charge in [0.05, 0.1) is 6.61 Å². The van der Waals surface area contributed by atoms with Crippen LogP contribution in [0.2, 0.25) is 0 Å². The summed E-state index contributed by atoms with van der Waals surface area (Å²) in [4.78, 5) is 41.9. The minimum Gasteiger partial charge on any atom is -0.383 e. The van der Waals surface area contributed by atoms with Gasteiger partial charge in [-0.25, -0.2) is 4.98 Å². The number of rotatable bonds is 7. The van der Waals surface area contributed by atoms with Crippen LogP contribution in [0.3, 0.4) is 0 Å². The number of aromatic nitrogens is 4. The number of aromatic amines is 1. The molecule has 0 unspecified atom stereocenters. The topological polar surface area (TPSA) is 101 Å². The molecule has 3 aromatic rings. The lowest BCUT2D eigenvalue weighted by Crippen LogP contribution is -2.37. The summed E-state index contributed by atoms with van der Waals surface area (Å²) >= 11 is 0. The predicted molar refractivity (Wildman–Crippen MR) is 98.9 cm³/mol. The number of hydrogen-bond donors (Lipinski definition) is 1. The average molecular weight is 365 g/mol. The van der Waals surface area contributed by atoms with Crippen molar-refractivity contribution in [3.05, 3.63) is 76.6 Å². The molecule has 0 aliphatic carbocycles. The van der Waals surface area contributed by atoms with E-state index in [1.165, 1.54) is 11.1 Å². The summed E-state index contributed by atoms with van der Waals surface area (Å²) in [7, 11) is 1.56. The second-order valence-electron chi connectivity index (χ2n) is 5.77. The number of nitrogens with zero attached hydrogens (tertiary/aromatic N) is 4. The zero-order valence-electron chi connectivity index (χ0n) is 14.8. The van der Waals surface area contributed by atoms with Crippen LogP contribution in [0.1, 0.15) is 15.9 Å². The summed E-state index contributed by atoms with van der Waals surface area (Å²) < 4.78 is 5.08. The molecule has 0 saturated heterocycles. The summed E-state index contributed by atoms with van der Waals surface area (Å²) in [5.41, 5.74) is 0.843. The van der Waals surface area contributed by atoms with Crippen LogP contribution >= 0.6 is 0 Å². The van der Waals surface area contributed by atoms with Crippen molar-refractivity contribution in [3.8, 4) is 11.5 Å². The molecule has 0 saturated carbocycles. The molecule has 0 atom stereocenters. The van der Waals surface area contributed by atoms with E-state index in [4.69, 9.17) is 4.74 Å². The van der Waals surface area contributed by atoms with Crippen molar-refractivity contribution in [2.45, 2.75) is 6.54 Å². The standard InChI is InChI=1S/C19H19N5O3/c1-27-10-9-24(13-14-5-4-7-20-11-14)19(26)15-12-22-17(23-18(15)25)16-6-2-3-8-21-16/h2-8,11-12H,9-10,13H2,1H3,(H,22,23,25). The lowest BCUT2D eigenvalue weighted by molar-refractivity contribution is 0.0678. The Kier molecular flexibility index (Phi) is 6.01. The van der Waals surface area contributed by atoms with Gasteiger partial charge in [-0.1, -0.05) is 12.1 Å². The third kappa shape index (κ3) is 4.62. The van der Waals surface area contributed by atoms with E-state index in [1.807, 2.05) is 6.07 Å². The van der Waals surface area contributed by atoms with Gasteiger partial charge in [0.15, 0.2) is 5.82 Å². The monoisotopic (exact) mass is 365 g/mol. The molecule has 0 radical (unpaired) electrons. The van der Waals surface area contributed by atoms with E-state index in [0.717, 1.165) is 5.56 Å². The summed E-state index contributed by atoms with van der Waals surface area (Å²) in [6, 6.07) is 8.96. The van der Waals surface area contributed by atoms with Crippen LogP contribution in [-0.2, 0) is 11.3 Å². The molecule has 3 heterocycles. The molecule has 0 aliphatic rings. The van der Waals surface area contributed by atoms with Gasteiger partial charge >= 0.3 is 0 Å². The maximum absolute atomic E-state index is 12.9. The maximum atomic E-state index is 12.9. The number of hydrogen-bond acceptors (Lipinski definition) is 6. The lowest BCUT2D eigenvalue weighted by Gasteiger charge is -2.22. The Labute approximate surface area is 155 Å². The normalized spacial score (nSPS) is 10.6. The smallest absolute Gasteiger partial charge is 0.264 e. The molecule has 3 aromatic heterocycles. The van der Waals surface area contributed by atoms with Gasteiger partial charge in [-0.05, 0) is 23.8 Å². The number of H-pyrrole nitrogens is 1. The fourth-order valence-electron chi connectivity index (χ4n) is 2.52. The minimum absolute atomic E-state index is 0.0327. The maximum Gasteiger partial charge on any atom is 0.264 e. The molecule has 138 valence electrons. The second kappa shape index (κ2) is 8.81. The summed E-state index contributed by atoms with van der Waals surface area (Å²) in [6.45, 7) is 1.01. The van der Waals surface area contributed by atoms with E-state index >= 15 is 0 Å². The molecule has 1 N–H and O–H groups in total. The van der Waals surface area contributed by atoms with Gasteiger partial charge in [0.2, 0.25) is 0 Å². The van der Waals surface area contributed by atoms with Gasteiger partial charge in [-0.15, -0.1) is 0 Å². The van der Waals surface area contributed by atoms with Crippen LogP contribution in [0.4, 0.5) is 0 Å². The summed E-state index contributed by atoms with van der Waals surface area (Å²) in [5, 5.41) is 0. The molecular weight excluding hydrogens is 346 g/mol. The minimum atomic E-state index is -0.510. The first-order chi connectivity index (χ1) is 13.2. The van der Waals surface area contributed by atoms with Crippen LogP contribution in [0.5, 0.6) is 0 Å². The lowest BCUT2D eigenvalue weighted by atomic mass is 10.2. The van der Waals surface area contributed by atoms with E-state index in [2.05, 4.69) is 19.9 Å². The van der Waals surface area contributed by atoms with E-state index < -0.39 is 11.5 Å². The Balaban J connectivity index is 1.85. The molecule has 8 nitrogen and oxygen atoms in total. The summed E-state index contributed by atoms with van der Waals surface area (Å²) in [5.74, 6) is -0.106. The SMILES string of the molecule is COCCN(Cc1cccnc1)C(=O)c1cnc(-c2ccccn2)[nH]c1=O. The van der Waals surface area contributed by atoms with E-state index in [9.17, 15) is 9.59 Å². The number of nitrogens with one attached hydrogen (secondary N) is 1. The largest absolute Gasteiger partial charge is 0.383 e. The fraction of sp³-hybridized carbons (Fsp3) is 0.211. The van der Waals surface area contributed by atoms with Crippen molar-refractivity contribution < 1.29 is 9.53 Å². The van der Waals surface area contributed by atoms with Crippen LogP contribution in [0.15, 0.2) is 59.9 Å². The van der Waals surface area contributed by atoms with Crippen LogP contribution in [-0.4, -0.2) is 51.0 Å². The first-order valence-electron chi connectivity index (χ1n) is 8.37. The van der Waals surface area contributed by atoms with Crippen molar-refractivity contribution in [3.63, 3.8) is 0 Å². The molecule has 0 spiro atoms. The van der Waals surface area contributed by atoms with E-state index in [-0.39, 0.29) is 5.56 Å². The highest BCUT2D eigenvalue weighted by Crippen LogP contribution is 2.10. The van der Waals surface area contributed by atoms with Crippen LogP contribution < -0.4 is 5.56 Å². The predicted octanol–water partition coefficient (Wildman–Crippen LogP) is 1.52. The average Bonchev–Trinajstić information content (AvgIpc) is 2.72. The van der Waals surface area contributed by atoms with Crippen molar-refractivity contribution in [1.82, 2.24) is 24.8 Å². The molecule has 0 aromatic carbocycles. The van der Waals surface area contributed by atoms with Gasteiger partial charge in [0.1, 0.15) is 11.3 Å². The number of pyridine rings is 2. The zero-order chi connectivity index (χ0) is 19.1. The molecule has 3 rings (SSSR count). The van der Waals surface area contributed by atoms with Crippen LogP contribution in [0, 0.1) is 0 Å². The first kappa shape index (κ1) is 18.4. The van der Waals surface area contributed by atoms with Gasteiger partial charge in [-0.2, -0.15) is 0 Å². The van der Waals surface area contributed by atoms with Gasteiger partial charge in [0.25, 0.3) is 11.5 Å². The van der Waals surface area contributed by atoms with E-state index in [0.29, 0.717) is 31.2 Å². The number of carbonyl (C=O) groups excluding carboxylic acids is 1. The molecule has 27 heavy (non-hydrogen) atoms. The van der Waals surface area contributed by atoms with Gasteiger partial charge < -0.3 is 14.6 Å². The molecular formula is C19H19N5O3. The zero-order valence-corrected chi connectivity index (χ0v) is 14.8. The molecule has 0 bridgehead atoms. The Bertz CT molecular complexity index is 944. The van der Waals surface area contributed by atoms with Gasteiger partial charge in [0, 0.05) is 45.0 Å². The summed E-state index contributed by atoms with van der Waals surface area (Å²) in [6.07, 6.45) is 6.23. The quantitative estimate of drug-likeness (QED) is 0.681. The highest BCUT2D eigenvalue weighted by Gasteiger charge is 2.20. The van der Waals surface area contributed by atoms with E-state index in [1.54, 1.807) is 50.0 Å².